The monoisotopic (exact) mass is 286 g/mol. The second kappa shape index (κ2) is 6.26. The van der Waals surface area contributed by atoms with Crippen LogP contribution in [0.3, 0.4) is 0 Å². The minimum absolute atomic E-state index is 0.0547. The fourth-order valence-electron chi connectivity index (χ4n) is 2.32. The second-order valence-corrected chi connectivity index (χ2v) is 4.93. The number of nitro groups is 1. The molecule has 0 atom stereocenters. The van der Waals surface area contributed by atoms with E-state index in [2.05, 4.69) is 11.4 Å². The van der Waals surface area contributed by atoms with Gasteiger partial charge >= 0.3 is 0 Å². The summed E-state index contributed by atoms with van der Waals surface area (Å²) < 4.78 is 5.77. The summed E-state index contributed by atoms with van der Waals surface area (Å²) in [5, 5.41) is 13.9. The third kappa shape index (κ3) is 3.51. The maximum absolute atomic E-state index is 11.0. The number of para-hydroxylation sites is 1. The van der Waals surface area contributed by atoms with Crippen molar-refractivity contribution in [1.29, 1.82) is 0 Å². The molecule has 2 rings (SSSR count). The molecule has 0 spiro atoms. The summed E-state index contributed by atoms with van der Waals surface area (Å²) in [6.07, 6.45) is 0. The Bertz CT molecular complexity index is 648. The molecule has 0 heterocycles. The van der Waals surface area contributed by atoms with Crippen LogP contribution in [0.25, 0.3) is 0 Å². The summed E-state index contributed by atoms with van der Waals surface area (Å²) in [5.41, 5.74) is 3.55. The van der Waals surface area contributed by atoms with Gasteiger partial charge in [0.05, 0.1) is 4.92 Å². The summed E-state index contributed by atoms with van der Waals surface area (Å²) in [5.74, 6) is 0.765. The second-order valence-electron chi connectivity index (χ2n) is 4.93. The van der Waals surface area contributed by atoms with Crippen LogP contribution in [-0.2, 0) is 6.61 Å². The maximum atomic E-state index is 11.0. The predicted octanol–water partition coefficient (Wildman–Crippen LogP) is 3.83. The highest BCUT2D eigenvalue weighted by Gasteiger charge is 2.16. The molecule has 0 aromatic heterocycles. The van der Waals surface area contributed by atoms with E-state index in [1.807, 2.05) is 32.0 Å². The molecule has 2 aromatic carbocycles. The van der Waals surface area contributed by atoms with E-state index < -0.39 is 4.92 Å². The van der Waals surface area contributed by atoms with Gasteiger partial charge in [-0.3, -0.25) is 10.1 Å². The van der Waals surface area contributed by atoms with E-state index in [0.29, 0.717) is 5.69 Å². The fraction of sp³-hybridized carbons (Fsp3) is 0.250. The van der Waals surface area contributed by atoms with E-state index in [1.54, 1.807) is 13.1 Å². The average Bonchev–Trinajstić information content (AvgIpc) is 2.43. The SMILES string of the molecule is CNc1c(COc2cc(C)cc(C)c2)cccc1[N+](=O)[O-]. The lowest BCUT2D eigenvalue weighted by Gasteiger charge is -2.12. The first-order chi connectivity index (χ1) is 10.0. The zero-order chi connectivity index (χ0) is 15.4. The van der Waals surface area contributed by atoms with Crippen LogP contribution in [0.2, 0.25) is 0 Å². The largest absolute Gasteiger partial charge is 0.489 e. The average molecular weight is 286 g/mol. The molecule has 110 valence electrons. The van der Waals surface area contributed by atoms with Gasteiger partial charge in [0.2, 0.25) is 0 Å². The van der Waals surface area contributed by atoms with Crippen LogP contribution in [0, 0.1) is 24.0 Å². The van der Waals surface area contributed by atoms with E-state index in [-0.39, 0.29) is 12.3 Å². The van der Waals surface area contributed by atoms with Crippen molar-refractivity contribution in [2.45, 2.75) is 20.5 Å². The molecule has 5 heteroatoms. The van der Waals surface area contributed by atoms with Gasteiger partial charge in [-0.2, -0.15) is 0 Å². The molecule has 0 unspecified atom stereocenters. The molecule has 2 aromatic rings. The van der Waals surface area contributed by atoms with Gasteiger partial charge in [0.1, 0.15) is 18.0 Å². The Kier molecular flexibility index (Phi) is 4.42. The van der Waals surface area contributed by atoms with E-state index >= 15 is 0 Å². The van der Waals surface area contributed by atoms with Gasteiger partial charge in [-0.05, 0) is 37.1 Å². The zero-order valence-corrected chi connectivity index (χ0v) is 12.3. The summed E-state index contributed by atoms with van der Waals surface area (Å²) in [6.45, 7) is 4.29. The first-order valence-corrected chi connectivity index (χ1v) is 6.66. The van der Waals surface area contributed by atoms with Crippen LogP contribution >= 0.6 is 0 Å². The number of benzene rings is 2. The summed E-state index contributed by atoms with van der Waals surface area (Å²) in [7, 11) is 1.67. The summed E-state index contributed by atoms with van der Waals surface area (Å²) in [6, 6.07) is 10.9. The molecule has 0 saturated carbocycles. The van der Waals surface area contributed by atoms with Crippen LogP contribution in [-0.4, -0.2) is 12.0 Å². The highest BCUT2D eigenvalue weighted by atomic mass is 16.6. The smallest absolute Gasteiger partial charge is 0.292 e. The van der Waals surface area contributed by atoms with Crippen molar-refractivity contribution in [2.24, 2.45) is 0 Å². The standard InChI is InChI=1S/C16H18N2O3/c1-11-7-12(2)9-14(8-11)21-10-13-5-4-6-15(18(19)20)16(13)17-3/h4-9,17H,10H2,1-3H3. The van der Waals surface area contributed by atoms with Crippen molar-refractivity contribution in [3.05, 3.63) is 63.2 Å². The Morgan fingerprint density at radius 1 is 1.19 bits per heavy atom. The number of nitrogens with zero attached hydrogens (tertiary/aromatic N) is 1. The van der Waals surface area contributed by atoms with Crippen molar-refractivity contribution in [3.63, 3.8) is 0 Å². The highest BCUT2D eigenvalue weighted by Crippen LogP contribution is 2.29. The third-order valence-electron chi connectivity index (χ3n) is 3.16. The zero-order valence-electron chi connectivity index (χ0n) is 12.3. The first kappa shape index (κ1) is 14.8. The number of rotatable bonds is 5. The number of ether oxygens (including phenoxy) is 1. The van der Waals surface area contributed by atoms with E-state index in [9.17, 15) is 10.1 Å². The fourth-order valence-corrected chi connectivity index (χ4v) is 2.32. The predicted molar refractivity (Wildman–Crippen MR) is 82.9 cm³/mol. The van der Waals surface area contributed by atoms with Gasteiger partial charge in [-0.1, -0.05) is 18.2 Å². The molecule has 1 N–H and O–H groups in total. The molecule has 0 aliphatic carbocycles. The number of nitro benzene ring substituents is 1. The van der Waals surface area contributed by atoms with Crippen molar-refractivity contribution >= 4 is 11.4 Å². The Balaban J connectivity index is 2.23. The van der Waals surface area contributed by atoms with Gasteiger partial charge in [-0.15, -0.1) is 0 Å². The van der Waals surface area contributed by atoms with Crippen LogP contribution in [0.1, 0.15) is 16.7 Å². The molecule has 0 amide bonds. The van der Waals surface area contributed by atoms with Crippen LogP contribution in [0.15, 0.2) is 36.4 Å². The van der Waals surface area contributed by atoms with Crippen LogP contribution in [0.5, 0.6) is 5.75 Å². The topological polar surface area (TPSA) is 64.4 Å². The summed E-state index contributed by atoms with van der Waals surface area (Å²) >= 11 is 0. The molecule has 0 bridgehead atoms. The lowest BCUT2D eigenvalue weighted by molar-refractivity contribution is -0.384. The number of nitrogens with one attached hydrogen (secondary N) is 1. The minimum Gasteiger partial charge on any atom is -0.489 e. The number of aryl methyl sites for hydroxylation is 2. The molecule has 21 heavy (non-hydrogen) atoms. The molecule has 0 aliphatic rings. The first-order valence-electron chi connectivity index (χ1n) is 6.66. The van der Waals surface area contributed by atoms with E-state index in [4.69, 9.17) is 4.74 Å². The maximum Gasteiger partial charge on any atom is 0.292 e. The van der Waals surface area contributed by atoms with Gasteiger partial charge in [0.25, 0.3) is 5.69 Å². The van der Waals surface area contributed by atoms with Crippen LogP contribution in [0.4, 0.5) is 11.4 Å². The van der Waals surface area contributed by atoms with E-state index in [1.165, 1.54) is 6.07 Å². The van der Waals surface area contributed by atoms with Crippen molar-refractivity contribution in [1.82, 2.24) is 0 Å². The van der Waals surface area contributed by atoms with Crippen LogP contribution < -0.4 is 10.1 Å². The number of hydrogen-bond donors (Lipinski definition) is 1. The Morgan fingerprint density at radius 2 is 1.86 bits per heavy atom. The minimum atomic E-state index is -0.397. The molecule has 0 radical (unpaired) electrons. The van der Waals surface area contributed by atoms with Gasteiger partial charge in [0, 0.05) is 18.7 Å². The van der Waals surface area contributed by atoms with E-state index in [0.717, 1.165) is 22.4 Å². The van der Waals surface area contributed by atoms with Gasteiger partial charge in [0.15, 0.2) is 0 Å². The highest BCUT2D eigenvalue weighted by molar-refractivity contribution is 5.66. The third-order valence-corrected chi connectivity index (χ3v) is 3.16. The van der Waals surface area contributed by atoms with Crippen molar-refractivity contribution < 1.29 is 9.66 Å². The lowest BCUT2D eigenvalue weighted by Crippen LogP contribution is -2.04. The molecule has 0 saturated heterocycles. The molecule has 5 nitrogen and oxygen atoms in total. The van der Waals surface area contributed by atoms with Gasteiger partial charge < -0.3 is 10.1 Å². The van der Waals surface area contributed by atoms with Crippen molar-refractivity contribution in [3.8, 4) is 5.75 Å². The Morgan fingerprint density at radius 3 is 2.43 bits per heavy atom. The Labute approximate surface area is 123 Å². The molecule has 0 aliphatic heterocycles. The number of anilines is 1. The number of hydrogen-bond acceptors (Lipinski definition) is 4. The van der Waals surface area contributed by atoms with Gasteiger partial charge in [-0.25, -0.2) is 0 Å². The summed E-state index contributed by atoms with van der Waals surface area (Å²) in [4.78, 5) is 10.6. The normalized spacial score (nSPS) is 10.2. The lowest BCUT2D eigenvalue weighted by atomic mass is 10.1. The molecule has 0 fully saturated rings. The molecular weight excluding hydrogens is 268 g/mol. The molecular formula is C16H18N2O3. The Hall–Kier alpha value is -2.56. The quantitative estimate of drug-likeness (QED) is 0.670. The van der Waals surface area contributed by atoms with Crippen molar-refractivity contribution in [2.75, 3.05) is 12.4 Å².